The van der Waals surface area contributed by atoms with Crippen LogP contribution in [0.4, 0.5) is 4.39 Å². The van der Waals surface area contributed by atoms with Gasteiger partial charge in [-0.1, -0.05) is 0 Å². The van der Waals surface area contributed by atoms with E-state index < -0.39 is 28.7 Å². The van der Waals surface area contributed by atoms with Gasteiger partial charge in [-0.3, -0.25) is 14.3 Å². The average molecular weight is 422 g/mol. The molecule has 0 spiro atoms. The molecule has 3 aromatic rings. The molecule has 3 rings (SSSR count). The van der Waals surface area contributed by atoms with Crippen LogP contribution in [0.2, 0.25) is 0 Å². The second-order valence-electron chi connectivity index (χ2n) is 5.29. The van der Waals surface area contributed by atoms with Crippen molar-refractivity contribution in [2.45, 2.75) is 13.5 Å². The van der Waals surface area contributed by atoms with Gasteiger partial charge in [-0.05, 0) is 41.1 Å². The van der Waals surface area contributed by atoms with Gasteiger partial charge >= 0.3 is 5.97 Å². The van der Waals surface area contributed by atoms with E-state index in [1.807, 2.05) is 0 Å². The van der Waals surface area contributed by atoms with Crippen LogP contribution in [0.25, 0.3) is 11.0 Å². The van der Waals surface area contributed by atoms with Gasteiger partial charge in [0.05, 0.1) is 30.4 Å². The molecule has 3 aromatic heterocycles. The van der Waals surface area contributed by atoms with E-state index in [2.05, 4.69) is 25.9 Å². The number of esters is 1. The Labute approximate surface area is 155 Å². The first-order chi connectivity index (χ1) is 12.4. The number of rotatable bonds is 4. The van der Waals surface area contributed by atoms with E-state index in [0.29, 0.717) is 10.2 Å². The zero-order valence-electron chi connectivity index (χ0n) is 13.6. The van der Waals surface area contributed by atoms with E-state index in [4.69, 9.17) is 4.74 Å². The lowest BCUT2D eigenvalue weighted by Crippen LogP contribution is -2.29. The number of aromatic nitrogens is 3. The third-order valence-electron chi connectivity index (χ3n) is 3.66. The minimum Gasteiger partial charge on any atom is -0.506 e. The maximum atomic E-state index is 13.1. The Morgan fingerprint density at radius 1 is 1.35 bits per heavy atom. The molecule has 0 aliphatic rings. The molecule has 0 fully saturated rings. The predicted octanol–water partition coefficient (Wildman–Crippen LogP) is 2.62. The van der Waals surface area contributed by atoms with Crippen LogP contribution in [0.15, 0.2) is 39.9 Å². The number of fused-ring (bicyclic) bond motifs is 1. The maximum Gasteiger partial charge on any atom is 0.347 e. The monoisotopic (exact) mass is 421 g/mol. The van der Waals surface area contributed by atoms with E-state index in [1.54, 1.807) is 13.0 Å². The van der Waals surface area contributed by atoms with E-state index in [0.717, 1.165) is 6.20 Å². The summed E-state index contributed by atoms with van der Waals surface area (Å²) in [6.07, 6.45) is 2.47. The van der Waals surface area contributed by atoms with Gasteiger partial charge in [0.25, 0.3) is 5.56 Å². The fraction of sp³-hybridized carbons (Fsp3) is 0.176. The van der Waals surface area contributed by atoms with Crippen LogP contribution in [-0.2, 0) is 11.3 Å². The Bertz CT molecular complexity index is 1050. The summed E-state index contributed by atoms with van der Waals surface area (Å²) in [7, 11) is 0. The number of nitrogens with zero attached hydrogens (tertiary/aromatic N) is 3. The summed E-state index contributed by atoms with van der Waals surface area (Å²) in [6, 6.07) is 4.20. The van der Waals surface area contributed by atoms with E-state index in [1.165, 1.54) is 22.9 Å². The van der Waals surface area contributed by atoms with Gasteiger partial charge in [-0.25, -0.2) is 14.2 Å². The Kier molecular flexibility index (Phi) is 4.99. The van der Waals surface area contributed by atoms with Crippen molar-refractivity contribution in [3.63, 3.8) is 0 Å². The fourth-order valence-corrected chi connectivity index (χ4v) is 2.99. The number of carbonyl (C=O) groups is 1. The van der Waals surface area contributed by atoms with Crippen LogP contribution < -0.4 is 5.56 Å². The van der Waals surface area contributed by atoms with Crippen molar-refractivity contribution < 1.29 is 19.0 Å². The number of hydrogen-bond acceptors (Lipinski definition) is 6. The highest BCUT2D eigenvalue weighted by Crippen LogP contribution is 2.32. The lowest BCUT2D eigenvalue weighted by atomic mass is 10.1. The van der Waals surface area contributed by atoms with Crippen molar-refractivity contribution in [3.05, 3.63) is 62.5 Å². The van der Waals surface area contributed by atoms with Crippen molar-refractivity contribution >= 4 is 32.9 Å². The van der Waals surface area contributed by atoms with Gasteiger partial charge in [0.15, 0.2) is 5.56 Å². The molecule has 9 heteroatoms. The van der Waals surface area contributed by atoms with Crippen LogP contribution in [0.5, 0.6) is 5.75 Å². The van der Waals surface area contributed by atoms with E-state index >= 15 is 0 Å². The highest BCUT2D eigenvalue weighted by molar-refractivity contribution is 9.10. The largest absolute Gasteiger partial charge is 0.506 e. The third kappa shape index (κ3) is 3.17. The van der Waals surface area contributed by atoms with Crippen molar-refractivity contribution in [1.29, 1.82) is 0 Å². The molecule has 0 bridgehead atoms. The molecule has 1 N–H and O–H groups in total. The smallest absolute Gasteiger partial charge is 0.347 e. The number of carbonyl (C=O) groups excluding carboxylic acids is 1. The molecule has 0 amide bonds. The van der Waals surface area contributed by atoms with Gasteiger partial charge in [-0.2, -0.15) is 0 Å². The molecule has 0 saturated heterocycles. The zero-order chi connectivity index (χ0) is 18.8. The Hall–Kier alpha value is -2.81. The number of pyridine rings is 3. The van der Waals surface area contributed by atoms with Crippen LogP contribution in [0.3, 0.4) is 0 Å². The molecule has 0 saturated carbocycles. The highest BCUT2D eigenvalue weighted by Gasteiger charge is 2.25. The van der Waals surface area contributed by atoms with Crippen LogP contribution >= 0.6 is 15.9 Å². The molecule has 3 heterocycles. The second-order valence-corrected chi connectivity index (χ2v) is 6.15. The van der Waals surface area contributed by atoms with Crippen LogP contribution in [0.1, 0.15) is 23.0 Å². The summed E-state index contributed by atoms with van der Waals surface area (Å²) in [4.78, 5) is 33.1. The predicted molar refractivity (Wildman–Crippen MR) is 94.6 cm³/mol. The van der Waals surface area contributed by atoms with Crippen molar-refractivity contribution in [3.8, 4) is 5.75 Å². The van der Waals surface area contributed by atoms with Crippen molar-refractivity contribution in [2.75, 3.05) is 6.61 Å². The summed E-state index contributed by atoms with van der Waals surface area (Å²) in [5, 5.41) is 10.7. The normalized spacial score (nSPS) is 10.9. The van der Waals surface area contributed by atoms with Crippen molar-refractivity contribution in [1.82, 2.24) is 14.5 Å². The van der Waals surface area contributed by atoms with E-state index in [9.17, 15) is 19.1 Å². The SMILES string of the molecule is CCOC(=O)c1c(O)c2c(Br)ccnc2n(Cc2ccc(F)cn2)c1=O. The molecule has 0 radical (unpaired) electrons. The topological polar surface area (TPSA) is 94.3 Å². The molecular formula is C17H13BrFN3O4. The summed E-state index contributed by atoms with van der Waals surface area (Å²) < 4.78 is 19.6. The maximum absolute atomic E-state index is 13.1. The lowest BCUT2D eigenvalue weighted by Gasteiger charge is -2.14. The Morgan fingerprint density at radius 3 is 2.77 bits per heavy atom. The fourth-order valence-electron chi connectivity index (χ4n) is 2.51. The van der Waals surface area contributed by atoms with Gasteiger partial charge < -0.3 is 9.84 Å². The number of halogens is 2. The zero-order valence-corrected chi connectivity index (χ0v) is 15.2. The molecule has 0 atom stereocenters. The van der Waals surface area contributed by atoms with Gasteiger partial charge in [0, 0.05) is 10.7 Å². The lowest BCUT2D eigenvalue weighted by molar-refractivity contribution is 0.0520. The van der Waals surface area contributed by atoms with E-state index in [-0.39, 0.29) is 24.2 Å². The minimum atomic E-state index is -0.937. The first-order valence-electron chi connectivity index (χ1n) is 7.61. The quantitative estimate of drug-likeness (QED) is 0.650. The Morgan fingerprint density at radius 2 is 2.12 bits per heavy atom. The molecule has 134 valence electrons. The Balaban J connectivity index is 2.29. The molecular weight excluding hydrogens is 409 g/mol. The molecule has 7 nitrogen and oxygen atoms in total. The molecule has 0 aliphatic carbocycles. The summed E-state index contributed by atoms with van der Waals surface area (Å²) in [6.45, 7) is 1.57. The van der Waals surface area contributed by atoms with Gasteiger partial charge in [-0.15, -0.1) is 0 Å². The van der Waals surface area contributed by atoms with Crippen LogP contribution in [0, 0.1) is 5.82 Å². The molecule has 0 aliphatic heterocycles. The summed E-state index contributed by atoms with van der Waals surface area (Å²) in [5.74, 6) is -1.95. The number of aromatic hydroxyl groups is 1. The standard InChI is InChI=1S/C17H13BrFN3O4/c1-2-26-17(25)13-14(23)12-11(18)5-6-20-15(12)22(16(13)24)8-10-4-3-9(19)7-21-10/h3-7,23H,2,8H2,1H3. The summed E-state index contributed by atoms with van der Waals surface area (Å²) in [5.41, 5.74) is -0.724. The first kappa shape index (κ1) is 18.0. The molecule has 0 unspecified atom stereocenters. The average Bonchev–Trinajstić information content (AvgIpc) is 2.60. The van der Waals surface area contributed by atoms with Gasteiger partial charge in [0.2, 0.25) is 0 Å². The number of hydrogen-bond donors (Lipinski definition) is 1. The second kappa shape index (κ2) is 7.20. The first-order valence-corrected chi connectivity index (χ1v) is 8.40. The van der Waals surface area contributed by atoms with Gasteiger partial charge in [0.1, 0.15) is 17.2 Å². The van der Waals surface area contributed by atoms with Crippen molar-refractivity contribution in [2.24, 2.45) is 0 Å². The third-order valence-corrected chi connectivity index (χ3v) is 4.32. The minimum absolute atomic E-state index is 0.0451. The molecule has 0 aromatic carbocycles. The highest BCUT2D eigenvalue weighted by atomic mass is 79.9. The molecule has 26 heavy (non-hydrogen) atoms. The number of ether oxygens (including phenoxy) is 1. The van der Waals surface area contributed by atoms with Crippen LogP contribution in [-0.4, -0.2) is 32.2 Å². The summed E-state index contributed by atoms with van der Waals surface area (Å²) >= 11 is 3.29.